The Morgan fingerprint density at radius 3 is 1.42 bits per heavy atom. The van der Waals surface area contributed by atoms with Crippen LogP contribution in [0.15, 0.2) is 206 Å². The van der Waals surface area contributed by atoms with Crippen molar-refractivity contribution in [1.29, 1.82) is 0 Å². The van der Waals surface area contributed by atoms with E-state index < -0.39 is 0 Å². The van der Waals surface area contributed by atoms with Crippen molar-refractivity contribution in [3.63, 3.8) is 0 Å². The smallest absolute Gasteiger partial charge is 0.0541 e. The van der Waals surface area contributed by atoms with E-state index in [9.17, 15) is 0 Å². The van der Waals surface area contributed by atoms with Gasteiger partial charge in [0.2, 0.25) is 0 Å². The molecule has 10 aromatic rings. The van der Waals surface area contributed by atoms with Gasteiger partial charge in [-0.15, -0.1) is 0 Å². The highest BCUT2D eigenvalue weighted by atomic mass is 15.1. The highest BCUT2D eigenvalue weighted by Gasteiger charge is 2.36. The highest BCUT2D eigenvalue weighted by molar-refractivity contribution is 6.11. The van der Waals surface area contributed by atoms with E-state index >= 15 is 0 Å². The zero-order chi connectivity index (χ0) is 51.0. The van der Waals surface area contributed by atoms with Crippen LogP contribution in [0.5, 0.6) is 0 Å². The van der Waals surface area contributed by atoms with Gasteiger partial charge in [0.05, 0.1) is 11.0 Å². The third-order valence-electron chi connectivity index (χ3n) is 15.8. The van der Waals surface area contributed by atoms with Crippen LogP contribution in [0.25, 0.3) is 72.0 Å². The number of nitrogens with zero attached hydrogens (tertiary/aromatic N) is 2. The van der Waals surface area contributed by atoms with Crippen LogP contribution in [-0.2, 0) is 10.8 Å². The molecule has 1 aliphatic carbocycles. The highest BCUT2D eigenvalue weighted by Crippen LogP contribution is 2.51. The molecule has 364 valence electrons. The van der Waals surface area contributed by atoms with Gasteiger partial charge in [0, 0.05) is 38.9 Å². The van der Waals surface area contributed by atoms with Gasteiger partial charge in [0.15, 0.2) is 0 Å². The van der Waals surface area contributed by atoms with Crippen molar-refractivity contribution in [2.45, 2.75) is 99.3 Å². The number of hydrogen-bond acceptors (Lipinski definition) is 1. The largest absolute Gasteiger partial charge is 0.310 e. The standard InChI is InChI=1S/C71H70N2/c1-68(2,3)46-65(70(7,8)9)51-23-21-49(22-24-51)52-29-41-66-61(43-52)62-44-53(30-42-67(62)73(66)57-37-31-54(32-38-57)69(4,5)6)50-27-35-56(36-28-50)72(55-33-25-48(26-34-55)47-17-13-12-14-18-47)58-39-40-60-59-19-15-16-20-63(59)71(10,11)64(60)45-58/h12-45,65H,46H2,1-11H3. The summed E-state index contributed by atoms with van der Waals surface area (Å²) in [5.41, 5.74) is 22.8. The Balaban J connectivity index is 0.999. The Hall–Kier alpha value is -7.42. The van der Waals surface area contributed by atoms with Crippen LogP contribution in [0.4, 0.5) is 17.1 Å². The topological polar surface area (TPSA) is 8.17 Å². The quantitative estimate of drug-likeness (QED) is 0.140. The predicted molar refractivity (Wildman–Crippen MR) is 314 cm³/mol. The maximum Gasteiger partial charge on any atom is 0.0541 e. The molecule has 11 rings (SSSR count). The Morgan fingerprint density at radius 2 is 0.890 bits per heavy atom. The molecule has 1 heterocycles. The molecule has 0 aliphatic heterocycles. The Bertz CT molecular complexity index is 3620. The fourth-order valence-electron chi connectivity index (χ4n) is 11.7. The van der Waals surface area contributed by atoms with Crippen molar-refractivity contribution in [1.82, 2.24) is 4.57 Å². The lowest BCUT2D eigenvalue weighted by Gasteiger charge is -2.36. The molecule has 1 unspecified atom stereocenters. The van der Waals surface area contributed by atoms with Gasteiger partial charge in [0.25, 0.3) is 0 Å². The Morgan fingerprint density at radius 1 is 0.425 bits per heavy atom. The Labute approximate surface area is 435 Å². The van der Waals surface area contributed by atoms with Crippen molar-refractivity contribution in [3.05, 3.63) is 229 Å². The fourth-order valence-corrected chi connectivity index (χ4v) is 11.7. The molecule has 0 saturated heterocycles. The lowest BCUT2D eigenvalue weighted by atomic mass is 9.69. The third kappa shape index (κ3) is 9.01. The van der Waals surface area contributed by atoms with Crippen molar-refractivity contribution in [2.75, 3.05) is 4.90 Å². The maximum absolute atomic E-state index is 2.45. The van der Waals surface area contributed by atoms with E-state index in [0.717, 1.165) is 23.5 Å². The molecule has 2 heteroatoms. The molecule has 0 fully saturated rings. The maximum atomic E-state index is 2.45. The van der Waals surface area contributed by atoms with E-state index in [1.54, 1.807) is 0 Å². The summed E-state index contributed by atoms with van der Waals surface area (Å²) in [5, 5.41) is 2.50. The van der Waals surface area contributed by atoms with Crippen LogP contribution in [0.2, 0.25) is 0 Å². The van der Waals surface area contributed by atoms with Crippen LogP contribution >= 0.6 is 0 Å². The first kappa shape index (κ1) is 47.9. The van der Waals surface area contributed by atoms with Crippen molar-refractivity contribution >= 4 is 38.9 Å². The second-order valence-electron chi connectivity index (χ2n) is 24.6. The monoisotopic (exact) mass is 951 g/mol. The summed E-state index contributed by atoms with van der Waals surface area (Å²) in [5.74, 6) is 0.471. The van der Waals surface area contributed by atoms with E-state index in [-0.39, 0.29) is 21.7 Å². The van der Waals surface area contributed by atoms with Gasteiger partial charge in [-0.25, -0.2) is 0 Å². The zero-order valence-electron chi connectivity index (χ0n) is 44.8. The second-order valence-corrected chi connectivity index (χ2v) is 24.6. The van der Waals surface area contributed by atoms with E-state index in [0.29, 0.717) is 5.92 Å². The number of rotatable bonds is 9. The summed E-state index contributed by atoms with van der Waals surface area (Å²) in [6, 6.07) is 77.6. The number of anilines is 3. The van der Waals surface area contributed by atoms with E-state index in [4.69, 9.17) is 0 Å². The summed E-state index contributed by atoms with van der Waals surface area (Å²) in [6.07, 6.45) is 1.15. The fraction of sp³-hybridized carbons (Fsp3) is 0.239. The van der Waals surface area contributed by atoms with Gasteiger partial charge in [-0.1, -0.05) is 210 Å². The summed E-state index contributed by atoms with van der Waals surface area (Å²) in [4.78, 5) is 2.42. The van der Waals surface area contributed by atoms with E-state index in [1.165, 1.54) is 94.3 Å². The molecular weight excluding hydrogens is 881 g/mol. The van der Waals surface area contributed by atoms with Crippen LogP contribution in [-0.4, -0.2) is 4.57 Å². The van der Waals surface area contributed by atoms with Crippen molar-refractivity contribution in [3.8, 4) is 50.2 Å². The number of aromatic nitrogens is 1. The molecule has 73 heavy (non-hydrogen) atoms. The molecule has 1 aliphatic rings. The third-order valence-corrected chi connectivity index (χ3v) is 15.8. The minimum absolute atomic E-state index is 0.0720. The van der Waals surface area contributed by atoms with Crippen molar-refractivity contribution in [2.24, 2.45) is 10.8 Å². The lowest BCUT2D eigenvalue weighted by molar-refractivity contribution is 0.229. The molecule has 1 aromatic heterocycles. The summed E-state index contributed by atoms with van der Waals surface area (Å²) in [6.45, 7) is 25.8. The van der Waals surface area contributed by atoms with Crippen LogP contribution in [0.1, 0.15) is 111 Å². The average Bonchev–Trinajstić information content (AvgIpc) is 3.82. The molecule has 0 saturated carbocycles. The minimum atomic E-state index is -0.112. The molecule has 0 amide bonds. The molecule has 2 nitrogen and oxygen atoms in total. The van der Waals surface area contributed by atoms with Crippen LogP contribution in [0, 0.1) is 10.8 Å². The average molecular weight is 951 g/mol. The summed E-state index contributed by atoms with van der Waals surface area (Å²) < 4.78 is 2.45. The van der Waals surface area contributed by atoms with Gasteiger partial charge in [-0.3, -0.25) is 0 Å². The second kappa shape index (κ2) is 18.0. The SMILES string of the molecule is CC(C)(C)CC(c1ccc(-c2ccc3c(c2)c2cc(-c4ccc(N(c5ccc(-c6ccccc6)cc5)c5ccc6c(c5)C(C)(C)c5ccccc5-6)cc4)ccc2n3-c2ccc(C(C)(C)C)cc2)cc1)C(C)(C)C. The molecule has 1 atom stereocenters. The van der Waals surface area contributed by atoms with Gasteiger partial charge < -0.3 is 9.47 Å². The molecular formula is C71H70N2. The molecule has 0 radical (unpaired) electrons. The minimum Gasteiger partial charge on any atom is -0.310 e. The molecule has 0 spiro atoms. The van der Waals surface area contributed by atoms with Crippen LogP contribution in [0.3, 0.4) is 0 Å². The summed E-state index contributed by atoms with van der Waals surface area (Å²) in [7, 11) is 0. The van der Waals surface area contributed by atoms with Gasteiger partial charge in [-0.2, -0.15) is 0 Å². The first-order valence-corrected chi connectivity index (χ1v) is 26.4. The van der Waals surface area contributed by atoms with Gasteiger partial charge >= 0.3 is 0 Å². The summed E-state index contributed by atoms with van der Waals surface area (Å²) >= 11 is 0. The normalized spacial score (nSPS) is 13.8. The predicted octanol–water partition coefficient (Wildman–Crippen LogP) is 20.4. The molecule has 9 aromatic carbocycles. The number of benzene rings is 9. The number of fused-ring (bicyclic) bond motifs is 6. The van der Waals surface area contributed by atoms with Crippen molar-refractivity contribution < 1.29 is 0 Å². The molecule has 0 N–H and O–H groups in total. The number of hydrogen-bond donors (Lipinski definition) is 0. The van der Waals surface area contributed by atoms with E-state index in [2.05, 4.69) is 292 Å². The van der Waals surface area contributed by atoms with E-state index in [1.807, 2.05) is 0 Å². The van der Waals surface area contributed by atoms with Gasteiger partial charge in [-0.05, 0) is 168 Å². The lowest BCUT2D eigenvalue weighted by Crippen LogP contribution is -2.23. The first-order valence-electron chi connectivity index (χ1n) is 26.4. The first-order chi connectivity index (χ1) is 34.8. The van der Waals surface area contributed by atoms with Crippen LogP contribution < -0.4 is 4.90 Å². The van der Waals surface area contributed by atoms with Gasteiger partial charge in [0.1, 0.15) is 0 Å². The molecule has 0 bridgehead atoms. The zero-order valence-corrected chi connectivity index (χ0v) is 44.8. The Kier molecular flexibility index (Phi) is 11.8.